The van der Waals surface area contributed by atoms with Crippen LogP contribution in [0.5, 0.6) is 0 Å². The van der Waals surface area contributed by atoms with Crippen LogP contribution in [0.3, 0.4) is 0 Å². The van der Waals surface area contributed by atoms with E-state index in [4.69, 9.17) is 4.74 Å². The summed E-state index contributed by atoms with van der Waals surface area (Å²) in [4.78, 5) is 2.44. The number of likely N-dealkylation sites (tertiary alicyclic amines) is 1. The summed E-state index contributed by atoms with van der Waals surface area (Å²) >= 11 is 0. The second-order valence-corrected chi connectivity index (χ2v) is 4.60. The second-order valence-electron chi connectivity index (χ2n) is 4.60. The van der Waals surface area contributed by atoms with Gasteiger partial charge in [0.1, 0.15) is 0 Å². The molecule has 0 bridgehead atoms. The van der Waals surface area contributed by atoms with Crippen molar-refractivity contribution in [2.75, 3.05) is 39.9 Å². The summed E-state index contributed by atoms with van der Waals surface area (Å²) in [6, 6.07) is 0.619. The van der Waals surface area contributed by atoms with Crippen molar-refractivity contribution in [3.8, 4) is 0 Å². The Bertz CT molecular complexity index is 164. The molecule has 3 heteroatoms. The molecule has 0 aromatic heterocycles. The SMILES string of the molecule is CCOCCNC(C)C1CCCN(C)C1. The molecule has 1 N–H and O–H groups in total. The second kappa shape index (κ2) is 7.20. The van der Waals surface area contributed by atoms with E-state index in [1.54, 1.807) is 0 Å². The van der Waals surface area contributed by atoms with Crippen LogP contribution < -0.4 is 5.32 Å². The van der Waals surface area contributed by atoms with Crippen LogP contribution in [0.25, 0.3) is 0 Å². The van der Waals surface area contributed by atoms with Crippen LogP contribution in [-0.4, -0.2) is 50.8 Å². The number of nitrogens with zero attached hydrogens (tertiary/aromatic N) is 1. The molecule has 1 heterocycles. The number of piperidine rings is 1. The van der Waals surface area contributed by atoms with E-state index in [2.05, 4.69) is 24.2 Å². The predicted molar refractivity (Wildman–Crippen MR) is 64.2 cm³/mol. The van der Waals surface area contributed by atoms with Gasteiger partial charge in [0.15, 0.2) is 0 Å². The lowest BCUT2D eigenvalue weighted by Crippen LogP contribution is -2.43. The molecule has 3 nitrogen and oxygen atoms in total. The number of nitrogens with one attached hydrogen (secondary N) is 1. The highest BCUT2D eigenvalue weighted by molar-refractivity contribution is 4.78. The minimum atomic E-state index is 0.619. The molecule has 15 heavy (non-hydrogen) atoms. The number of hydrogen-bond donors (Lipinski definition) is 1. The van der Waals surface area contributed by atoms with E-state index in [-0.39, 0.29) is 0 Å². The van der Waals surface area contributed by atoms with Gasteiger partial charge in [-0.3, -0.25) is 0 Å². The Labute approximate surface area is 94.2 Å². The van der Waals surface area contributed by atoms with E-state index in [0.717, 1.165) is 25.7 Å². The van der Waals surface area contributed by atoms with Gasteiger partial charge in [-0.25, -0.2) is 0 Å². The number of hydrogen-bond acceptors (Lipinski definition) is 3. The molecule has 0 saturated carbocycles. The fraction of sp³-hybridized carbons (Fsp3) is 1.00. The van der Waals surface area contributed by atoms with Gasteiger partial charge in [-0.1, -0.05) is 0 Å². The first-order valence-electron chi connectivity index (χ1n) is 6.23. The zero-order chi connectivity index (χ0) is 11.1. The maximum Gasteiger partial charge on any atom is 0.0590 e. The minimum Gasteiger partial charge on any atom is -0.380 e. The third-order valence-electron chi connectivity index (χ3n) is 3.28. The summed E-state index contributed by atoms with van der Waals surface area (Å²) in [5, 5.41) is 3.56. The summed E-state index contributed by atoms with van der Waals surface area (Å²) < 4.78 is 5.32. The molecule has 1 aliphatic rings. The zero-order valence-corrected chi connectivity index (χ0v) is 10.5. The Morgan fingerprint density at radius 3 is 3.00 bits per heavy atom. The number of rotatable bonds is 6. The Hall–Kier alpha value is -0.120. The van der Waals surface area contributed by atoms with E-state index in [0.29, 0.717) is 6.04 Å². The van der Waals surface area contributed by atoms with Crippen LogP contribution in [0.1, 0.15) is 26.7 Å². The van der Waals surface area contributed by atoms with E-state index >= 15 is 0 Å². The topological polar surface area (TPSA) is 24.5 Å². The van der Waals surface area contributed by atoms with Gasteiger partial charge < -0.3 is 15.0 Å². The van der Waals surface area contributed by atoms with Crippen molar-refractivity contribution in [2.24, 2.45) is 5.92 Å². The first-order valence-corrected chi connectivity index (χ1v) is 6.23. The molecule has 1 aliphatic heterocycles. The van der Waals surface area contributed by atoms with Crippen LogP contribution in [-0.2, 0) is 4.74 Å². The van der Waals surface area contributed by atoms with Gasteiger partial charge in [0, 0.05) is 25.7 Å². The highest BCUT2D eigenvalue weighted by Gasteiger charge is 2.21. The summed E-state index contributed by atoms with van der Waals surface area (Å²) in [6.45, 7) is 9.49. The molecule has 0 aromatic rings. The Kier molecular flexibility index (Phi) is 6.22. The lowest BCUT2D eigenvalue weighted by molar-refractivity contribution is 0.136. The van der Waals surface area contributed by atoms with Gasteiger partial charge in [-0.05, 0) is 46.2 Å². The van der Waals surface area contributed by atoms with Crippen LogP contribution >= 0.6 is 0 Å². The molecular weight excluding hydrogens is 188 g/mol. The summed E-state index contributed by atoms with van der Waals surface area (Å²) in [5.74, 6) is 0.811. The lowest BCUT2D eigenvalue weighted by atomic mass is 9.92. The zero-order valence-electron chi connectivity index (χ0n) is 10.5. The molecule has 0 aromatic carbocycles. The molecule has 0 aliphatic carbocycles. The van der Waals surface area contributed by atoms with E-state index < -0.39 is 0 Å². The molecule has 0 radical (unpaired) electrons. The highest BCUT2D eigenvalue weighted by Crippen LogP contribution is 2.18. The van der Waals surface area contributed by atoms with E-state index in [9.17, 15) is 0 Å². The van der Waals surface area contributed by atoms with Gasteiger partial charge >= 0.3 is 0 Å². The van der Waals surface area contributed by atoms with Crippen molar-refractivity contribution in [3.63, 3.8) is 0 Å². The largest absolute Gasteiger partial charge is 0.380 e. The van der Waals surface area contributed by atoms with Crippen LogP contribution in [0, 0.1) is 5.92 Å². The average Bonchev–Trinajstić information content (AvgIpc) is 2.24. The van der Waals surface area contributed by atoms with Gasteiger partial charge in [0.2, 0.25) is 0 Å². The molecule has 1 rings (SSSR count). The van der Waals surface area contributed by atoms with Gasteiger partial charge in [0.05, 0.1) is 6.61 Å². The third kappa shape index (κ3) is 4.96. The maximum absolute atomic E-state index is 5.32. The minimum absolute atomic E-state index is 0.619. The quantitative estimate of drug-likeness (QED) is 0.675. The summed E-state index contributed by atoms with van der Waals surface area (Å²) in [7, 11) is 2.22. The van der Waals surface area contributed by atoms with Crippen molar-refractivity contribution in [3.05, 3.63) is 0 Å². The monoisotopic (exact) mass is 214 g/mol. The Morgan fingerprint density at radius 2 is 2.33 bits per heavy atom. The van der Waals surface area contributed by atoms with Gasteiger partial charge in [0.25, 0.3) is 0 Å². The summed E-state index contributed by atoms with van der Waals surface area (Å²) in [6.07, 6.45) is 2.71. The molecule has 1 saturated heterocycles. The van der Waals surface area contributed by atoms with Crippen LogP contribution in [0.15, 0.2) is 0 Å². The first-order chi connectivity index (χ1) is 7.24. The van der Waals surface area contributed by atoms with Crippen molar-refractivity contribution in [1.29, 1.82) is 0 Å². The van der Waals surface area contributed by atoms with E-state index in [1.807, 2.05) is 6.92 Å². The lowest BCUT2D eigenvalue weighted by Gasteiger charge is -2.34. The molecular formula is C12H26N2O. The fourth-order valence-corrected chi connectivity index (χ4v) is 2.28. The maximum atomic E-state index is 5.32. The number of ether oxygens (including phenoxy) is 1. The Morgan fingerprint density at radius 1 is 1.53 bits per heavy atom. The molecule has 2 unspecified atom stereocenters. The fourth-order valence-electron chi connectivity index (χ4n) is 2.28. The molecule has 2 atom stereocenters. The highest BCUT2D eigenvalue weighted by atomic mass is 16.5. The standard InChI is InChI=1S/C12H26N2O/c1-4-15-9-7-13-11(2)12-6-5-8-14(3)10-12/h11-13H,4-10H2,1-3H3. The Balaban J connectivity index is 2.12. The van der Waals surface area contributed by atoms with Gasteiger partial charge in [-0.2, -0.15) is 0 Å². The summed E-state index contributed by atoms with van der Waals surface area (Å²) in [5.41, 5.74) is 0. The molecule has 0 amide bonds. The third-order valence-corrected chi connectivity index (χ3v) is 3.28. The van der Waals surface area contributed by atoms with Crippen molar-refractivity contribution < 1.29 is 4.74 Å². The van der Waals surface area contributed by atoms with E-state index in [1.165, 1.54) is 25.9 Å². The average molecular weight is 214 g/mol. The van der Waals surface area contributed by atoms with Crippen molar-refractivity contribution in [1.82, 2.24) is 10.2 Å². The molecule has 1 fully saturated rings. The van der Waals surface area contributed by atoms with Crippen molar-refractivity contribution in [2.45, 2.75) is 32.7 Å². The van der Waals surface area contributed by atoms with Crippen molar-refractivity contribution >= 4 is 0 Å². The normalized spacial score (nSPS) is 25.4. The molecule has 90 valence electrons. The molecule has 0 spiro atoms. The van der Waals surface area contributed by atoms with Crippen LogP contribution in [0.2, 0.25) is 0 Å². The smallest absolute Gasteiger partial charge is 0.0590 e. The first kappa shape index (κ1) is 12.9. The predicted octanol–water partition coefficient (Wildman–Crippen LogP) is 1.34. The van der Waals surface area contributed by atoms with Gasteiger partial charge in [-0.15, -0.1) is 0 Å². The van der Waals surface area contributed by atoms with Crippen LogP contribution in [0.4, 0.5) is 0 Å².